The number of fused-ring (bicyclic) bond motifs is 1. The maximum atomic E-state index is 12.3. The smallest absolute Gasteiger partial charge is 0.293 e. The van der Waals surface area contributed by atoms with Crippen molar-refractivity contribution in [3.63, 3.8) is 0 Å². The van der Waals surface area contributed by atoms with E-state index in [1.54, 1.807) is 18.7 Å². The lowest BCUT2D eigenvalue weighted by molar-refractivity contribution is 0.540. The molecule has 19 heavy (non-hydrogen) atoms. The van der Waals surface area contributed by atoms with E-state index in [1.165, 1.54) is 9.36 Å². The SMILES string of the molecule is CC(C)=CCn1c(Br)nc2c(=O)n(C)n(C)c(=O)c21. The number of aromatic nitrogens is 4. The summed E-state index contributed by atoms with van der Waals surface area (Å²) in [4.78, 5) is 28.5. The summed E-state index contributed by atoms with van der Waals surface area (Å²) in [7, 11) is 3.11. The van der Waals surface area contributed by atoms with Crippen molar-refractivity contribution in [2.75, 3.05) is 0 Å². The molecule has 7 heteroatoms. The van der Waals surface area contributed by atoms with Crippen molar-refractivity contribution in [1.29, 1.82) is 0 Å². The number of hydrogen-bond donors (Lipinski definition) is 0. The van der Waals surface area contributed by atoms with Crippen molar-refractivity contribution in [2.45, 2.75) is 20.4 Å². The molecule has 0 saturated carbocycles. The van der Waals surface area contributed by atoms with E-state index >= 15 is 0 Å². The van der Waals surface area contributed by atoms with Gasteiger partial charge in [-0.2, -0.15) is 0 Å². The third kappa shape index (κ3) is 2.18. The minimum absolute atomic E-state index is 0.194. The van der Waals surface area contributed by atoms with Gasteiger partial charge in [0, 0.05) is 20.6 Å². The predicted molar refractivity (Wildman–Crippen MR) is 77.3 cm³/mol. The van der Waals surface area contributed by atoms with E-state index in [4.69, 9.17) is 0 Å². The molecule has 0 N–H and O–H groups in total. The monoisotopic (exact) mass is 326 g/mol. The van der Waals surface area contributed by atoms with Gasteiger partial charge >= 0.3 is 0 Å². The molecule has 0 aliphatic carbocycles. The van der Waals surface area contributed by atoms with E-state index < -0.39 is 0 Å². The van der Waals surface area contributed by atoms with Crippen LogP contribution in [0.1, 0.15) is 13.8 Å². The molecule has 0 aliphatic rings. The topological polar surface area (TPSA) is 61.8 Å². The minimum atomic E-state index is -0.284. The first kappa shape index (κ1) is 13.8. The molecule has 0 fully saturated rings. The molecule has 0 unspecified atom stereocenters. The van der Waals surface area contributed by atoms with Crippen molar-refractivity contribution in [2.24, 2.45) is 14.1 Å². The van der Waals surface area contributed by atoms with Crippen LogP contribution in [0.25, 0.3) is 11.0 Å². The number of halogens is 1. The van der Waals surface area contributed by atoms with E-state index in [0.29, 0.717) is 16.8 Å². The van der Waals surface area contributed by atoms with Gasteiger partial charge < -0.3 is 4.57 Å². The zero-order valence-corrected chi connectivity index (χ0v) is 12.9. The van der Waals surface area contributed by atoms with Crippen molar-refractivity contribution in [3.05, 3.63) is 37.1 Å². The summed E-state index contributed by atoms with van der Waals surface area (Å²) < 4.78 is 4.74. The number of imidazole rings is 1. The maximum Gasteiger partial charge on any atom is 0.293 e. The summed E-state index contributed by atoms with van der Waals surface area (Å²) >= 11 is 3.30. The second-order valence-electron chi connectivity index (χ2n) is 4.63. The number of allylic oxidation sites excluding steroid dienone is 2. The highest BCUT2D eigenvalue weighted by atomic mass is 79.9. The molecule has 0 aliphatic heterocycles. The van der Waals surface area contributed by atoms with Crippen LogP contribution in [0.5, 0.6) is 0 Å². The van der Waals surface area contributed by atoms with Gasteiger partial charge in [0.05, 0.1) is 0 Å². The van der Waals surface area contributed by atoms with E-state index in [1.807, 2.05) is 19.9 Å². The van der Waals surface area contributed by atoms with Crippen LogP contribution in [0.2, 0.25) is 0 Å². The lowest BCUT2D eigenvalue weighted by Gasteiger charge is -2.07. The van der Waals surface area contributed by atoms with Gasteiger partial charge in [-0.3, -0.25) is 9.59 Å². The molecule has 0 bridgehead atoms. The minimum Gasteiger partial charge on any atom is -0.310 e. The zero-order valence-electron chi connectivity index (χ0n) is 11.3. The molecule has 2 heterocycles. The van der Waals surface area contributed by atoms with Gasteiger partial charge in [0.25, 0.3) is 11.1 Å². The molecule has 0 atom stereocenters. The molecule has 102 valence electrons. The normalized spacial score (nSPS) is 11.0. The first-order valence-corrected chi connectivity index (χ1v) is 6.59. The van der Waals surface area contributed by atoms with Crippen LogP contribution in [0.4, 0.5) is 0 Å². The number of hydrogen-bond acceptors (Lipinski definition) is 3. The molecule has 0 amide bonds. The van der Waals surface area contributed by atoms with E-state index in [2.05, 4.69) is 20.9 Å². The predicted octanol–water partition coefficient (Wildman–Crippen LogP) is 1.16. The Morgan fingerprint density at radius 1 is 1.21 bits per heavy atom. The summed E-state index contributed by atoms with van der Waals surface area (Å²) in [6.45, 7) is 4.45. The summed E-state index contributed by atoms with van der Waals surface area (Å²) in [6.07, 6.45) is 1.97. The first-order valence-electron chi connectivity index (χ1n) is 5.80. The fourth-order valence-corrected chi connectivity index (χ4v) is 2.31. The Bertz CT molecular complexity index is 791. The Morgan fingerprint density at radius 2 is 1.79 bits per heavy atom. The van der Waals surface area contributed by atoms with Crippen molar-refractivity contribution in [3.8, 4) is 0 Å². The Kier molecular flexibility index (Phi) is 3.49. The first-order chi connectivity index (χ1) is 8.84. The van der Waals surface area contributed by atoms with Gasteiger partial charge in [-0.05, 0) is 29.8 Å². The highest BCUT2D eigenvalue weighted by Crippen LogP contribution is 2.15. The Balaban J connectivity index is 2.88. The van der Waals surface area contributed by atoms with Gasteiger partial charge in [-0.25, -0.2) is 14.3 Å². The molecular formula is C12H15BrN4O2. The molecule has 2 aromatic rings. The van der Waals surface area contributed by atoms with Crippen LogP contribution in [-0.2, 0) is 20.6 Å². The molecule has 6 nitrogen and oxygen atoms in total. The quantitative estimate of drug-likeness (QED) is 0.778. The molecule has 0 spiro atoms. The Morgan fingerprint density at radius 3 is 2.37 bits per heavy atom. The molecule has 2 rings (SSSR count). The van der Waals surface area contributed by atoms with E-state index in [9.17, 15) is 9.59 Å². The van der Waals surface area contributed by atoms with Gasteiger partial charge in [-0.1, -0.05) is 11.6 Å². The fourth-order valence-electron chi connectivity index (χ4n) is 1.81. The van der Waals surface area contributed by atoms with Crippen LogP contribution < -0.4 is 11.1 Å². The van der Waals surface area contributed by atoms with Crippen LogP contribution in [-0.4, -0.2) is 18.9 Å². The van der Waals surface area contributed by atoms with Crippen molar-refractivity contribution < 1.29 is 0 Å². The third-order valence-electron chi connectivity index (χ3n) is 3.05. The number of rotatable bonds is 2. The molecule has 0 aromatic carbocycles. The van der Waals surface area contributed by atoms with Crippen LogP contribution >= 0.6 is 15.9 Å². The zero-order chi connectivity index (χ0) is 14.3. The maximum absolute atomic E-state index is 12.3. The van der Waals surface area contributed by atoms with Crippen LogP contribution in [0, 0.1) is 0 Å². The standard InChI is InChI=1S/C12H15BrN4O2/c1-7(2)5-6-17-9-8(14-12(17)13)10(18)15(3)16(4)11(9)19/h5H,6H2,1-4H3. The second kappa shape index (κ2) is 4.80. The fraction of sp³-hybridized carbons (Fsp3) is 0.417. The molecular weight excluding hydrogens is 312 g/mol. The van der Waals surface area contributed by atoms with Crippen molar-refractivity contribution in [1.82, 2.24) is 18.9 Å². The van der Waals surface area contributed by atoms with Crippen LogP contribution in [0.3, 0.4) is 0 Å². The Hall–Kier alpha value is -1.63. The summed E-state index contributed by atoms with van der Waals surface area (Å²) in [5.41, 5.74) is 1.13. The lowest BCUT2D eigenvalue weighted by Crippen LogP contribution is -2.35. The Labute approximate surface area is 118 Å². The summed E-state index contributed by atoms with van der Waals surface area (Å²) in [6, 6.07) is 0. The summed E-state index contributed by atoms with van der Waals surface area (Å²) in [5.74, 6) is 0. The largest absolute Gasteiger partial charge is 0.310 e. The van der Waals surface area contributed by atoms with Crippen LogP contribution in [0.15, 0.2) is 26.0 Å². The third-order valence-corrected chi connectivity index (χ3v) is 3.65. The average molecular weight is 327 g/mol. The molecule has 0 saturated heterocycles. The molecule has 2 aromatic heterocycles. The second-order valence-corrected chi connectivity index (χ2v) is 5.34. The van der Waals surface area contributed by atoms with Gasteiger partial charge in [0.1, 0.15) is 5.52 Å². The van der Waals surface area contributed by atoms with Gasteiger partial charge in [-0.15, -0.1) is 0 Å². The van der Waals surface area contributed by atoms with Gasteiger partial charge in [0.2, 0.25) is 0 Å². The average Bonchev–Trinajstić information content (AvgIpc) is 2.68. The van der Waals surface area contributed by atoms with E-state index in [0.717, 1.165) is 5.57 Å². The van der Waals surface area contributed by atoms with Gasteiger partial charge in [0.15, 0.2) is 10.3 Å². The van der Waals surface area contributed by atoms with Crippen molar-refractivity contribution >= 4 is 27.0 Å². The number of nitrogens with zero attached hydrogens (tertiary/aromatic N) is 4. The highest BCUT2D eigenvalue weighted by molar-refractivity contribution is 9.10. The van der Waals surface area contributed by atoms with E-state index in [-0.39, 0.29) is 16.6 Å². The molecule has 0 radical (unpaired) electrons. The lowest BCUT2D eigenvalue weighted by atomic mass is 10.3. The highest BCUT2D eigenvalue weighted by Gasteiger charge is 2.17. The summed E-state index contributed by atoms with van der Waals surface area (Å²) in [5, 5.41) is 0.